The summed E-state index contributed by atoms with van der Waals surface area (Å²) in [6.07, 6.45) is 1.16. The molecule has 1 N–H and O–H groups in total. The monoisotopic (exact) mass is 223 g/mol. The Bertz CT molecular complexity index is 423. The van der Waals surface area contributed by atoms with Gasteiger partial charge in [-0.05, 0) is 36.6 Å². The Balaban J connectivity index is 0.000000136. The Labute approximate surface area is 103 Å². The number of hydrogen-bond acceptors (Lipinski definition) is 1. The highest BCUT2D eigenvalue weighted by Gasteiger charge is 2.05. The fraction of sp³-hybridized carbons (Fsp3) is 0.125. The van der Waals surface area contributed by atoms with Crippen molar-refractivity contribution >= 4 is 0 Å². The summed E-state index contributed by atoms with van der Waals surface area (Å²) in [7, 11) is 0. The molecule has 0 fully saturated rings. The predicted octanol–water partition coefficient (Wildman–Crippen LogP) is 3.21. The second kappa shape index (κ2) is 6.21. The van der Waals surface area contributed by atoms with Crippen molar-refractivity contribution in [3.63, 3.8) is 0 Å². The maximum absolute atomic E-state index is 3.72. The SMILES string of the molecule is [CH2]c1ccccc1.[CH]1NCCc2ccccc21. The van der Waals surface area contributed by atoms with Gasteiger partial charge in [-0.25, -0.2) is 0 Å². The zero-order valence-electron chi connectivity index (χ0n) is 9.89. The Kier molecular flexibility index (Phi) is 4.34. The molecule has 0 saturated heterocycles. The molecule has 2 aromatic carbocycles. The van der Waals surface area contributed by atoms with Crippen LogP contribution in [0.1, 0.15) is 16.7 Å². The molecular weight excluding hydrogens is 206 g/mol. The first-order chi connectivity index (χ1) is 8.36. The third-order valence-electron chi connectivity index (χ3n) is 2.69. The van der Waals surface area contributed by atoms with Gasteiger partial charge in [0, 0.05) is 0 Å². The van der Waals surface area contributed by atoms with Gasteiger partial charge < -0.3 is 5.32 Å². The minimum absolute atomic E-state index is 1.07. The molecule has 0 aromatic heterocycles. The van der Waals surface area contributed by atoms with Crippen molar-refractivity contribution in [2.75, 3.05) is 6.54 Å². The van der Waals surface area contributed by atoms with E-state index in [4.69, 9.17) is 0 Å². The number of benzene rings is 2. The van der Waals surface area contributed by atoms with Crippen LogP contribution in [0.15, 0.2) is 54.6 Å². The van der Waals surface area contributed by atoms with Gasteiger partial charge in [0.05, 0.1) is 6.54 Å². The molecule has 3 rings (SSSR count). The molecule has 0 amide bonds. The molecule has 1 nitrogen and oxygen atoms in total. The third kappa shape index (κ3) is 3.72. The van der Waals surface area contributed by atoms with Gasteiger partial charge in [-0.15, -0.1) is 0 Å². The summed E-state index contributed by atoms with van der Waals surface area (Å²) in [6, 6.07) is 18.4. The molecule has 2 radical (unpaired) electrons. The first-order valence-electron chi connectivity index (χ1n) is 5.88. The van der Waals surface area contributed by atoms with E-state index in [2.05, 4.69) is 43.1 Å². The van der Waals surface area contributed by atoms with Crippen LogP contribution in [-0.4, -0.2) is 6.54 Å². The highest BCUT2D eigenvalue weighted by atomic mass is 14.9. The normalized spacial score (nSPS) is 13.2. The van der Waals surface area contributed by atoms with Gasteiger partial charge in [0.2, 0.25) is 0 Å². The minimum Gasteiger partial charge on any atom is -0.308 e. The van der Waals surface area contributed by atoms with Crippen LogP contribution in [-0.2, 0) is 6.42 Å². The summed E-state index contributed by atoms with van der Waals surface area (Å²) in [5.41, 5.74) is 3.87. The number of nitrogens with one attached hydrogen (secondary N) is 1. The smallest absolute Gasteiger partial charge is 0.0521 e. The standard InChI is InChI=1S/C9H10N.C7H7/c1-2-4-9-7-10-6-5-8(9)3-1;1-7-5-3-2-4-6-7/h1-4,7,10H,5-6H2;2-6H,1H2. The van der Waals surface area contributed by atoms with Crippen molar-refractivity contribution < 1.29 is 0 Å². The first-order valence-corrected chi connectivity index (χ1v) is 5.88. The van der Waals surface area contributed by atoms with E-state index in [0.717, 1.165) is 18.5 Å². The lowest BCUT2D eigenvalue weighted by atomic mass is 10.0. The fourth-order valence-electron chi connectivity index (χ4n) is 1.77. The van der Waals surface area contributed by atoms with Crippen LogP contribution in [0.5, 0.6) is 0 Å². The summed E-state index contributed by atoms with van der Waals surface area (Å²) in [5, 5.41) is 3.22. The number of fused-ring (bicyclic) bond motifs is 1. The van der Waals surface area contributed by atoms with E-state index < -0.39 is 0 Å². The van der Waals surface area contributed by atoms with Gasteiger partial charge in [0.1, 0.15) is 0 Å². The Morgan fingerprint density at radius 3 is 2.24 bits per heavy atom. The average molecular weight is 223 g/mol. The highest BCUT2D eigenvalue weighted by molar-refractivity contribution is 5.34. The molecule has 2 aromatic rings. The molecule has 0 spiro atoms. The van der Waals surface area contributed by atoms with Crippen LogP contribution in [0, 0.1) is 13.5 Å². The molecule has 0 aliphatic carbocycles. The van der Waals surface area contributed by atoms with Crippen molar-refractivity contribution in [2.45, 2.75) is 6.42 Å². The maximum atomic E-state index is 3.72. The summed E-state index contributed by atoms with van der Waals surface area (Å²) in [5.74, 6) is 0. The van der Waals surface area contributed by atoms with Crippen molar-refractivity contribution in [3.8, 4) is 0 Å². The molecule has 1 heteroatoms. The summed E-state index contributed by atoms with van der Waals surface area (Å²) < 4.78 is 0. The lowest BCUT2D eigenvalue weighted by molar-refractivity contribution is 0.753. The van der Waals surface area contributed by atoms with Crippen LogP contribution in [0.25, 0.3) is 0 Å². The molecule has 17 heavy (non-hydrogen) atoms. The summed E-state index contributed by atoms with van der Waals surface area (Å²) >= 11 is 0. The topological polar surface area (TPSA) is 12.0 Å². The first kappa shape index (κ1) is 11.9. The van der Waals surface area contributed by atoms with E-state index in [1.165, 1.54) is 11.1 Å². The van der Waals surface area contributed by atoms with Crippen LogP contribution >= 0.6 is 0 Å². The number of hydrogen-bond donors (Lipinski definition) is 1. The molecule has 1 heterocycles. The van der Waals surface area contributed by atoms with Gasteiger partial charge in [-0.1, -0.05) is 54.6 Å². The minimum atomic E-state index is 1.07. The van der Waals surface area contributed by atoms with Crippen molar-refractivity contribution in [2.24, 2.45) is 0 Å². The molecule has 1 aliphatic heterocycles. The van der Waals surface area contributed by atoms with Crippen LogP contribution in [0.2, 0.25) is 0 Å². The zero-order chi connectivity index (χ0) is 11.9. The van der Waals surface area contributed by atoms with Gasteiger partial charge >= 0.3 is 0 Å². The summed E-state index contributed by atoms with van der Waals surface area (Å²) in [6.45, 7) is 6.88. The Morgan fingerprint density at radius 1 is 0.882 bits per heavy atom. The summed E-state index contributed by atoms with van der Waals surface area (Å²) in [4.78, 5) is 0. The Morgan fingerprint density at radius 2 is 1.59 bits per heavy atom. The molecule has 86 valence electrons. The van der Waals surface area contributed by atoms with Crippen LogP contribution in [0.4, 0.5) is 0 Å². The second-order valence-electron chi connectivity index (χ2n) is 4.03. The molecular formula is C16H17N. The van der Waals surface area contributed by atoms with E-state index >= 15 is 0 Å². The molecule has 0 unspecified atom stereocenters. The lowest BCUT2D eigenvalue weighted by Crippen LogP contribution is -2.21. The van der Waals surface area contributed by atoms with E-state index in [1.807, 2.05) is 30.3 Å². The van der Waals surface area contributed by atoms with E-state index in [1.54, 1.807) is 0 Å². The van der Waals surface area contributed by atoms with Crippen molar-refractivity contribution in [1.82, 2.24) is 5.32 Å². The average Bonchev–Trinajstić information content (AvgIpc) is 2.41. The van der Waals surface area contributed by atoms with Crippen molar-refractivity contribution in [3.05, 3.63) is 84.8 Å². The quantitative estimate of drug-likeness (QED) is 0.723. The van der Waals surface area contributed by atoms with Crippen LogP contribution in [0.3, 0.4) is 0 Å². The molecule has 0 atom stereocenters. The largest absolute Gasteiger partial charge is 0.308 e. The van der Waals surface area contributed by atoms with E-state index in [0.29, 0.717) is 0 Å². The highest BCUT2D eigenvalue weighted by Crippen LogP contribution is 2.13. The molecule has 0 saturated carbocycles. The zero-order valence-corrected chi connectivity index (χ0v) is 9.89. The Hall–Kier alpha value is -1.60. The van der Waals surface area contributed by atoms with Gasteiger partial charge in [0.25, 0.3) is 0 Å². The van der Waals surface area contributed by atoms with E-state index in [-0.39, 0.29) is 0 Å². The van der Waals surface area contributed by atoms with Gasteiger partial charge in [0.15, 0.2) is 0 Å². The third-order valence-corrected chi connectivity index (χ3v) is 2.69. The van der Waals surface area contributed by atoms with Crippen LogP contribution < -0.4 is 5.32 Å². The van der Waals surface area contributed by atoms with Gasteiger partial charge in [-0.2, -0.15) is 0 Å². The molecule has 0 bridgehead atoms. The second-order valence-corrected chi connectivity index (χ2v) is 4.03. The molecule has 1 aliphatic rings. The predicted molar refractivity (Wildman–Crippen MR) is 72.5 cm³/mol. The van der Waals surface area contributed by atoms with E-state index in [9.17, 15) is 0 Å². The maximum Gasteiger partial charge on any atom is 0.0521 e. The van der Waals surface area contributed by atoms with Gasteiger partial charge in [-0.3, -0.25) is 0 Å². The lowest BCUT2D eigenvalue weighted by Gasteiger charge is -2.15. The fourth-order valence-corrected chi connectivity index (χ4v) is 1.77. The number of rotatable bonds is 0. The van der Waals surface area contributed by atoms with Crippen molar-refractivity contribution in [1.29, 1.82) is 0 Å².